The van der Waals surface area contributed by atoms with Crippen LogP contribution < -0.4 is 5.32 Å². The number of benzene rings is 2. The van der Waals surface area contributed by atoms with Crippen LogP contribution in [0.15, 0.2) is 71.1 Å². The number of aryl methyl sites for hydroxylation is 1. The van der Waals surface area contributed by atoms with Crippen molar-refractivity contribution in [3.05, 3.63) is 77.5 Å². The third kappa shape index (κ3) is 5.46. The minimum atomic E-state index is -0.470. The first-order valence-corrected chi connectivity index (χ1v) is 8.84. The Bertz CT molecular complexity index is 921. The third-order valence-corrected chi connectivity index (χ3v) is 4.14. The van der Waals surface area contributed by atoms with E-state index in [9.17, 15) is 9.59 Å². The molecule has 0 fully saturated rings. The van der Waals surface area contributed by atoms with Crippen molar-refractivity contribution in [3.8, 4) is 11.3 Å². The first-order valence-electron chi connectivity index (χ1n) is 8.46. The van der Waals surface area contributed by atoms with Gasteiger partial charge in [0.1, 0.15) is 11.5 Å². The molecule has 3 aromatic rings. The molecule has 0 aliphatic heterocycles. The van der Waals surface area contributed by atoms with E-state index in [-0.39, 0.29) is 13.0 Å². The number of nitrogens with one attached hydrogen (secondary N) is 1. The Balaban J connectivity index is 1.43. The molecule has 27 heavy (non-hydrogen) atoms. The molecule has 6 heteroatoms. The first kappa shape index (κ1) is 18.7. The molecule has 0 atom stereocenters. The van der Waals surface area contributed by atoms with Gasteiger partial charge in [0.15, 0.2) is 6.61 Å². The maximum atomic E-state index is 11.8. The molecule has 0 bridgehead atoms. The smallest absolute Gasteiger partial charge is 0.306 e. The van der Waals surface area contributed by atoms with Gasteiger partial charge in [-0.15, -0.1) is 0 Å². The van der Waals surface area contributed by atoms with Crippen LogP contribution in [0.4, 0.5) is 5.69 Å². The number of anilines is 1. The number of amides is 1. The summed E-state index contributed by atoms with van der Waals surface area (Å²) in [6.07, 6.45) is 0.527. The summed E-state index contributed by atoms with van der Waals surface area (Å²) in [6.45, 7) is -0.364. The fourth-order valence-corrected chi connectivity index (χ4v) is 2.65. The predicted octanol–water partition coefficient (Wildman–Crippen LogP) is 4.71. The van der Waals surface area contributed by atoms with E-state index in [2.05, 4.69) is 5.32 Å². The van der Waals surface area contributed by atoms with Crippen LogP contribution in [-0.2, 0) is 20.7 Å². The molecule has 1 heterocycles. The van der Waals surface area contributed by atoms with Gasteiger partial charge in [-0.25, -0.2) is 0 Å². The normalized spacial score (nSPS) is 10.4. The Morgan fingerprint density at radius 2 is 1.70 bits per heavy atom. The van der Waals surface area contributed by atoms with Gasteiger partial charge >= 0.3 is 5.97 Å². The SMILES string of the molecule is O=C(COC(=O)CCc1ccc(-c2ccccc2)o1)Nc1ccccc1Cl. The van der Waals surface area contributed by atoms with Crippen LogP contribution in [0.25, 0.3) is 11.3 Å². The van der Waals surface area contributed by atoms with Crippen molar-refractivity contribution in [1.82, 2.24) is 0 Å². The van der Waals surface area contributed by atoms with Crippen molar-refractivity contribution in [3.63, 3.8) is 0 Å². The van der Waals surface area contributed by atoms with E-state index in [1.165, 1.54) is 0 Å². The van der Waals surface area contributed by atoms with Crippen molar-refractivity contribution in [1.29, 1.82) is 0 Å². The number of esters is 1. The lowest BCUT2D eigenvalue weighted by Crippen LogP contribution is -2.21. The molecule has 3 rings (SSSR count). The Labute approximate surface area is 161 Å². The number of hydrogen-bond donors (Lipinski definition) is 1. The molecule has 0 radical (unpaired) electrons. The van der Waals surface area contributed by atoms with Crippen molar-refractivity contribution in [2.45, 2.75) is 12.8 Å². The van der Waals surface area contributed by atoms with Crippen LogP contribution in [0.5, 0.6) is 0 Å². The molecule has 0 aliphatic rings. The fourth-order valence-electron chi connectivity index (χ4n) is 2.46. The minimum Gasteiger partial charge on any atom is -0.461 e. The number of hydrogen-bond acceptors (Lipinski definition) is 4. The van der Waals surface area contributed by atoms with Crippen LogP contribution in [0.3, 0.4) is 0 Å². The summed E-state index contributed by atoms with van der Waals surface area (Å²) in [7, 11) is 0. The quantitative estimate of drug-likeness (QED) is 0.599. The van der Waals surface area contributed by atoms with E-state index >= 15 is 0 Å². The molecular formula is C21H18ClNO4. The number of para-hydroxylation sites is 1. The van der Waals surface area contributed by atoms with Crippen molar-refractivity contribution in [2.24, 2.45) is 0 Å². The van der Waals surface area contributed by atoms with Gasteiger partial charge in [-0.05, 0) is 24.3 Å². The number of rotatable bonds is 7. The van der Waals surface area contributed by atoms with E-state index in [1.807, 2.05) is 42.5 Å². The minimum absolute atomic E-state index is 0.126. The number of halogens is 1. The van der Waals surface area contributed by atoms with E-state index in [0.29, 0.717) is 22.9 Å². The molecule has 0 saturated carbocycles. The highest BCUT2D eigenvalue weighted by atomic mass is 35.5. The lowest BCUT2D eigenvalue weighted by Gasteiger charge is -2.07. The van der Waals surface area contributed by atoms with Crippen LogP contribution in [-0.4, -0.2) is 18.5 Å². The molecule has 5 nitrogen and oxygen atoms in total. The van der Waals surface area contributed by atoms with E-state index in [4.69, 9.17) is 20.8 Å². The summed E-state index contributed by atoms with van der Waals surface area (Å²) in [5.74, 6) is 0.521. The summed E-state index contributed by atoms with van der Waals surface area (Å²) in [4.78, 5) is 23.7. The largest absolute Gasteiger partial charge is 0.461 e. The van der Waals surface area contributed by atoms with Gasteiger partial charge in [0.25, 0.3) is 5.91 Å². The second-order valence-electron chi connectivity index (χ2n) is 5.82. The zero-order valence-electron chi connectivity index (χ0n) is 14.5. The molecule has 0 spiro atoms. The molecular weight excluding hydrogens is 366 g/mol. The number of carbonyl (C=O) groups is 2. The van der Waals surface area contributed by atoms with Crippen LogP contribution in [0.1, 0.15) is 12.2 Å². The molecule has 138 valence electrons. The Kier molecular flexibility index (Phi) is 6.28. The van der Waals surface area contributed by atoms with Gasteiger partial charge in [0.05, 0.1) is 17.1 Å². The Morgan fingerprint density at radius 1 is 0.963 bits per heavy atom. The lowest BCUT2D eigenvalue weighted by atomic mass is 10.2. The standard InChI is InChI=1S/C21H18ClNO4/c22-17-8-4-5-9-18(17)23-20(24)14-26-21(25)13-11-16-10-12-19(27-16)15-6-2-1-3-7-15/h1-10,12H,11,13-14H2,(H,23,24). The maximum Gasteiger partial charge on any atom is 0.306 e. The molecule has 0 unspecified atom stereocenters. The predicted molar refractivity (Wildman–Crippen MR) is 104 cm³/mol. The van der Waals surface area contributed by atoms with E-state index in [0.717, 1.165) is 11.3 Å². The van der Waals surface area contributed by atoms with E-state index in [1.54, 1.807) is 24.3 Å². The second-order valence-corrected chi connectivity index (χ2v) is 6.23. The van der Waals surface area contributed by atoms with Gasteiger partial charge in [-0.1, -0.05) is 54.1 Å². The topological polar surface area (TPSA) is 68.5 Å². The van der Waals surface area contributed by atoms with Gasteiger partial charge in [0, 0.05) is 12.0 Å². The Hall–Kier alpha value is -3.05. The highest BCUT2D eigenvalue weighted by Gasteiger charge is 2.11. The summed E-state index contributed by atoms with van der Waals surface area (Å²) in [5.41, 5.74) is 1.45. The molecule has 1 amide bonds. The van der Waals surface area contributed by atoms with Gasteiger partial charge < -0.3 is 14.5 Å². The van der Waals surface area contributed by atoms with Crippen molar-refractivity contribution in [2.75, 3.05) is 11.9 Å². The molecule has 2 aromatic carbocycles. The zero-order chi connectivity index (χ0) is 19.1. The summed E-state index contributed by atoms with van der Waals surface area (Å²) in [5, 5.41) is 3.01. The third-order valence-electron chi connectivity index (χ3n) is 3.81. The van der Waals surface area contributed by atoms with Gasteiger partial charge in [-0.3, -0.25) is 9.59 Å². The average Bonchev–Trinajstić information content (AvgIpc) is 3.16. The highest BCUT2D eigenvalue weighted by molar-refractivity contribution is 6.33. The van der Waals surface area contributed by atoms with Crippen molar-refractivity contribution < 1.29 is 18.7 Å². The lowest BCUT2D eigenvalue weighted by molar-refractivity contribution is -0.147. The van der Waals surface area contributed by atoms with Gasteiger partial charge in [0.2, 0.25) is 0 Å². The summed E-state index contributed by atoms with van der Waals surface area (Å²) < 4.78 is 10.7. The highest BCUT2D eigenvalue weighted by Crippen LogP contribution is 2.22. The van der Waals surface area contributed by atoms with Crippen LogP contribution in [0.2, 0.25) is 5.02 Å². The molecule has 0 saturated heterocycles. The van der Waals surface area contributed by atoms with Crippen molar-refractivity contribution >= 4 is 29.2 Å². The number of furan rings is 1. The monoisotopic (exact) mass is 383 g/mol. The molecule has 1 N–H and O–H groups in total. The average molecular weight is 384 g/mol. The summed E-state index contributed by atoms with van der Waals surface area (Å²) >= 11 is 5.96. The second kappa shape index (κ2) is 9.05. The first-order chi connectivity index (χ1) is 13.1. The number of carbonyl (C=O) groups excluding carboxylic acids is 2. The van der Waals surface area contributed by atoms with Crippen LogP contribution in [0, 0.1) is 0 Å². The molecule has 1 aromatic heterocycles. The van der Waals surface area contributed by atoms with Gasteiger partial charge in [-0.2, -0.15) is 0 Å². The maximum absolute atomic E-state index is 11.8. The zero-order valence-corrected chi connectivity index (χ0v) is 15.2. The fraction of sp³-hybridized carbons (Fsp3) is 0.143. The Morgan fingerprint density at radius 3 is 2.48 bits per heavy atom. The summed E-state index contributed by atoms with van der Waals surface area (Å²) in [6, 6.07) is 20.3. The molecule has 0 aliphatic carbocycles. The van der Waals surface area contributed by atoms with Crippen LogP contribution >= 0.6 is 11.6 Å². The van der Waals surface area contributed by atoms with E-state index < -0.39 is 11.9 Å². The number of ether oxygens (including phenoxy) is 1.